The second kappa shape index (κ2) is 2.46. The Morgan fingerprint density at radius 3 is 3.00 bits per heavy atom. The lowest BCUT2D eigenvalue weighted by Gasteiger charge is -2.05. The van der Waals surface area contributed by atoms with E-state index in [2.05, 4.69) is 11.1 Å². The first-order valence-electron chi connectivity index (χ1n) is 2.68. The van der Waals surface area contributed by atoms with Crippen molar-refractivity contribution in [2.75, 3.05) is 0 Å². The lowest BCUT2D eigenvalue weighted by molar-refractivity contribution is 0.679. The van der Waals surface area contributed by atoms with Crippen LogP contribution in [0.3, 0.4) is 0 Å². The molecule has 0 aliphatic carbocycles. The molecule has 1 unspecified atom stereocenters. The number of nitrogens with zero attached hydrogens (tertiary/aromatic N) is 2. The molecule has 1 radical (unpaired) electrons. The van der Waals surface area contributed by atoms with Crippen molar-refractivity contribution in [3.63, 3.8) is 0 Å². The first-order valence-corrected chi connectivity index (χ1v) is 2.68. The van der Waals surface area contributed by atoms with Crippen LogP contribution in [0.15, 0.2) is 4.99 Å². The van der Waals surface area contributed by atoms with Gasteiger partial charge < -0.3 is 0 Å². The van der Waals surface area contributed by atoms with Crippen LogP contribution in [0.2, 0.25) is 0 Å². The van der Waals surface area contributed by atoms with E-state index in [4.69, 9.17) is 5.26 Å². The Labute approximate surface area is 48.8 Å². The number of hydrogen-bond donors (Lipinski definition) is 0. The maximum absolute atomic E-state index is 8.34. The summed E-state index contributed by atoms with van der Waals surface area (Å²) in [6, 6.07) is 2.13. The van der Waals surface area contributed by atoms with E-state index in [9.17, 15) is 0 Å². The minimum absolute atomic E-state index is 0.0694. The van der Waals surface area contributed by atoms with E-state index in [1.165, 1.54) is 0 Å². The van der Waals surface area contributed by atoms with Crippen LogP contribution in [0.5, 0.6) is 0 Å². The molecule has 0 N–H and O–H groups in total. The lowest BCUT2D eigenvalue weighted by atomic mass is 10.0. The number of rotatable bonds is 0. The second-order valence-corrected chi connectivity index (χ2v) is 1.79. The summed E-state index contributed by atoms with van der Waals surface area (Å²) in [6.07, 6.45) is 3.74. The Balaban J connectivity index is 2.41. The highest BCUT2D eigenvalue weighted by molar-refractivity contribution is 5.59. The van der Waals surface area contributed by atoms with E-state index >= 15 is 0 Å². The van der Waals surface area contributed by atoms with Crippen molar-refractivity contribution in [2.24, 2.45) is 10.9 Å². The zero-order chi connectivity index (χ0) is 5.82. The molecule has 0 aromatic carbocycles. The van der Waals surface area contributed by atoms with E-state index in [1.54, 1.807) is 6.54 Å². The Hall–Kier alpha value is -0.840. The molecule has 8 heavy (non-hydrogen) atoms. The summed E-state index contributed by atoms with van der Waals surface area (Å²) in [5.74, 6) is 0.0694. The van der Waals surface area contributed by atoms with Crippen molar-refractivity contribution in [3.8, 4) is 6.07 Å². The van der Waals surface area contributed by atoms with Crippen molar-refractivity contribution in [3.05, 3.63) is 6.54 Å². The summed E-state index contributed by atoms with van der Waals surface area (Å²) in [5, 5.41) is 8.34. The molecule has 1 atom stereocenters. The van der Waals surface area contributed by atoms with Crippen molar-refractivity contribution < 1.29 is 0 Å². The topological polar surface area (TPSA) is 36.1 Å². The van der Waals surface area contributed by atoms with Crippen LogP contribution in [-0.2, 0) is 0 Å². The highest BCUT2D eigenvalue weighted by atomic mass is 14.7. The zero-order valence-electron chi connectivity index (χ0n) is 4.54. The molecule has 0 aromatic heterocycles. The molecule has 0 fully saturated rings. The Kier molecular flexibility index (Phi) is 1.63. The molecule has 1 aliphatic heterocycles. The molecule has 0 bridgehead atoms. The lowest BCUT2D eigenvalue weighted by Crippen LogP contribution is -2.01. The van der Waals surface area contributed by atoms with Crippen LogP contribution in [0, 0.1) is 23.8 Å². The van der Waals surface area contributed by atoms with Gasteiger partial charge in [0.25, 0.3) is 0 Å². The van der Waals surface area contributed by atoms with E-state index in [-0.39, 0.29) is 5.92 Å². The van der Waals surface area contributed by atoms with E-state index in [0.29, 0.717) is 0 Å². The van der Waals surface area contributed by atoms with Crippen LogP contribution < -0.4 is 0 Å². The van der Waals surface area contributed by atoms with Gasteiger partial charge in [0, 0.05) is 0 Å². The van der Waals surface area contributed by atoms with Gasteiger partial charge in [-0.05, 0) is 19.1 Å². The van der Waals surface area contributed by atoms with Crippen LogP contribution in [0.25, 0.3) is 0 Å². The maximum Gasteiger partial charge on any atom is 0.0889 e. The van der Waals surface area contributed by atoms with Gasteiger partial charge in [-0.3, -0.25) is 4.99 Å². The minimum Gasteiger partial charge on any atom is -0.291 e. The summed E-state index contributed by atoms with van der Waals surface area (Å²) in [7, 11) is 0. The average molecular weight is 107 g/mol. The van der Waals surface area contributed by atoms with Crippen LogP contribution in [-0.4, -0.2) is 6.21 Å². The maximum atomic E-state index is 8.34. The molecule has 1 rings (SSSR count). The summed E-state index contributed by atoms with van der Waals surface area (Å²) in [6.45, 7) is 1.70. The Morgan fingerprint density at radius 2 is 2.62 bits per heavy atom. The predicted octanol–water partition coefficient (Wildman–Crippen LogP) is 1.15. The van der Waals surface area contributed by atoms with Crippen molar-refractivity contribution in [2.45, 2.75) is 12.8 Å². The molecule has 0 saturated carbocycles. The third kappa shape index (κ3) is 1.06. The van der Waals surface area contributed by atoms with Gasteiger partial charge in [-0.2, -0.15) is 5.26 Å². The molecule has 0 spiro atoms. The van der Waals surface area contributed by atoms with Gasteiger partial charge in [-0.25, -0.2) is 0 Å². The normalized spacial score (nSPS) is 27.1. The fourth-order valence-corrected chi connectivity index (χ4v) is 0.666. The Morgan fingerprint density at radius 1 is 1.75 bits per heavy atom. The van der Waals surface area contributed by atoms with Gasteiger partial charge in [0.2, 0.25) is 0 Å². The van der Waals surface area contributed by atoms with Gasteiger partial charge in [-0.15, -0.1) is 0 Å². The highest BCUT2D eigenvalue weighted by Crippen LogP contribution is 2.12. The monoisotopic (exact) mass is 107 g/mol. The average Bonchev–Trinajstić information content (AvgIpc) is 1.90. The fraction of sp³-hybridized carbons (Fsp3) is 0.500. The van der Waals surface area contributed by atoms with Crippen molar-refractivity contribution >= 4 is 6.21 Å². The second-order valence-electron chi connectivity index (χ2n) is 1.79. The van der Waals surface area contributed by atoms with Crippen LogP contribution >= 0.6 is 0 Å². The fourth-order valence-electron chi connectivity index (χ4n) is 0.666. The molecule has 0 amide bonds. The van der Waals surface area contributed by atoms with E-state index < -0.39 is 0 Å². The number of hydrogen-bond acceptors (Lipinski definition) is 2. The molecule has 0 saturated heterocycles. The molecule has 1 aliphatic rings. The number of nitriles is 1. The summed E-state index contributed by atoms with van der Waals surface area (Å²) in [4.78, 5) is 3.86. The third-order valence-electron chi connectivity index (χ3n) is 1.14. The smallest absolute Gasteiger partial charge is 0.0889 e. The number of aliphatic imine (C=N–C) groups is 1. The van der Waals surface area contributed by atoms with Gasteiger partial charge >= 0.3 is 0 Å². The summed E-state index contributed by atoms with van der Waals surface area (Å²) < 4.78 is 0. The van der Waals surface area contributed by atoms with Gasteiger partial charge in [-0.1, -0.05) is 0 Å². The largest absolute Gasteiger partial charge is 0.291 e. The molecule has 2 nitrogen and oxygen atoms in total. The summed E-state index contributed by atoms with van der Waals surface area (Å²) >= 11 is 0. The van der Waals surface area contributed by atoms with Crippen LogP contribution in [0.4, 0.5) is 0 Å². The SMILES string of the molecule is N#CC1[CH]N=CCC1. The van der Waals surface area contributed by atoms with Gasteiger partial charge in [0.1, 0.15) is 0 Å². The highest BCUT2D eigenvalue weighted by Gasteiger charge is 2.07. The van der Waals surface area contributed by atoms with E-state index in [1.807, 2.05) is 6.21 Å². The standard InChI is InChI=1S/C6H7N2/c7-4-6-2-1-3-8-5-6/h3,5-6H,1-2H2. The molecule has 41 valence electrons. The molecule has 0 aromatic rings. The molecule has 1 heterocycles. The predicted molar refractivity (Wildman–Crippen MR) is 31.1 cm³/mol. The first kappa shape index (κ1) is 5.30. The molecule has 2 heteroatoms. The molecular formula is C6H7N2. The van der Waals surface area contributed by atoms with Crippen LogP contribution in [0.1, 0.15) is 12.8 Å². The van der Waals surface area contributed by atoms with Gasteiger partial charge in [0.15, 0.2) is 0 Å². The molecular weight excluding hydrogens is 100 g/mol. The van der Waals surface area contributed by atoms with Crippen molar-refractivity contribution in [1.29, 1.82) is 5.26 Å². The van der Waals surface area contributed by atoms with Crippen molar-refractivity contribution in [1.82, 2.24) is 0 Å². The first-order chi connectivity index (χ1) is 3.93. The van der Waals surface area contributed by atoms with Gasteiger partial charge in [0.05, 0.1) is 18.5 Å². The third-order valence-corrected chi connectivity index (χ3v) is 1.14. The quantitative estimate of drug-likeness (QED) is 0.457. The Bertz CT molecular complexity index is 132. The zero-order valence-corrected chi connectivity index (χ0v) is 4.54. The van der Waals surface area contributed by atoms with E-state index in [0.717, 1.165) is 12.8 Å². The minimum atomic E-state index is 0.0694. The summed E-state index contributed by atoms with van der Waals surface area (Å²) in [5.41, 5.74) is 0.